The number of sulfonamides is 1. The second-order valence-electron chi connectivity index (χ2n) is 6.80. The van der Waals surface area contributed by atoms with Gasteiger partial charge in [-0.25, -0.2) is 17.4 Å². The highest BCUT2D eigenvalue weighted by molar-refractivity contribution is 7.89. The predicted molar refractivity (Wildman–Crippen MR) is 109 cm³/mol. The number of nitrogens with one attached hydrogen (secondary N) is 1. The van der Waals surface area contributed by atoms with Crippen LogP contribution in [-0.2, 0) is 16.4 Å². The fourth-order valence-corrected chi connectivity index (χ4v) is 4.77. The molecule has 0 spiro atoms. The van der Waals surface area contributed by atoms with Crippen molar-refractivity contribution in [1.82, 2.24) is 19.4 Å². The summed E-state index contributed by atoms with van der Waals surface area (Å²) in [5.74, 6) is -0.0750. The molecule has 28 heavy (non-hydrogen) atoms. The third kappa shape index (κ3) is 4.39. The van der Waals surface area contributed by atoms with E-state index in [0.29, 0.717) is 42.9 Å². The summed E-state index contributed by atoms with van der Waals surface area (Å²) in [7, 11) is -3.17. The van der Waals surface area contributed by atoms with Crippen molar-refractivity contribution in [1.29, 1.82) is 0 Å². The van der Waals surface area contributed by atoms with Gasteiger partial charge in [0.2, 0.25) is 10.0 Å². The smallest absolute Gasteiger partial charge is 0.254 e. The molecule has 3 rings (SSSR count). The van der Waals surface area contributed by atoms with E-state index >= 15 is 0 Å². The van der Waals surface area contributed by atoms with Crippen LogP contribution >= 0.6 is 11.6 Å². The van der Waals surface area contributed by atoms with E-state index in [1.54, 1.807) is 29.9 Å². The Labute approximate surface area is 170 Å². The summed E-state index contributed by atoms with van der Waals surface area (Å²) >= 11 is 6.08. The van der Waals surface area contributed by atoms with Crippen LogP contribution in [0.3, 0.4) is 0 Å². The maximum atomic E-state index is 12.8. The maximum Gasteiger partial charge on any atom is 0.254 e. The van der Waals surface area contributed by atoms with Crippen molar-refractivity contribution in [2.45, 2.75) is 39.2 Å². The Bertz CT molecular complexity index is 950. The van der Waals surface area contributed by atoms with Crippen molar-refractivity contribution in [2.75, 3.05) is 18.8 Å². The second-order valence-corrected chi connectivity index (χ2v) is 9.49. The molecule has 1 aromatic carbocycles. The van der Waals surface area contributed by atoms with E-state index in [-0.39, 0.29) is 17.7 Å². The van der Waals surface area contributed by atoms with Gasteiger partial charge in [-0.15, -0.1) is 0 Å². The van der Waals surface area contributed by atoms with Gasteiger partial charge in [0.05, 0.1) is 28.9 Å². The highest BCUT2D eigenvalue weighted by atomic mass is 35.5. The molecule has 1 amide bonds. The zero-order valence-corrected chi connectivity index (χ0v) is 17.6. The molecular formula is C19H25ClN4O3S. The summed E-state index contributed by atoms with van der Waals surface area (Å²) in [5.41, 5.74) is 2.15. The lowest BCUT2D eigenvalue weighted by atomic mass is 10.1. The zero-order valence-electron chi connectivity index (χ0n) is 16.1. The van der Waals surface area contributed by atoms with E-state index in [1.807, 2.05) is 19.1 Å². The van der Waals surface area contributed by atoms with E-state index in [0.717, 1.165) is 11.4 Å². The summed E-state index contributed by atoms with van der Waals surface area (Å²) < 4.78 is 27.2. The molecular weight excluding hydrogens is 400 g/mol. The molecule has 2 aromatic rings. The predicted octanol–water partition coefficient (Wildman–Crippen LogP) is 2.63. The summed E-state index contributed by atoms with van der Waals surface area (Å²) in [6, 6.07) is 7.29. The molecule has 1 saturated heterocycles. The molecule has 152 valence electrons. The number of rotatable bonds is 6. The van der Waals surface area contributed by atoms with Gasteiger partial charge >= 0.3 is 0 Å². The number of carbonyl (C=O) groups is 1. The van der Waals surface area contributed by atoms with E-state index in [4.69, 9.17) is 11.6 Å². The Kier molecular flexibility index (Phi) is 6.42. The third-order valence-electron chi connectivity index (χ3n) is 5.05. The van der Waals surface area contributed by atoms with Crippen LogP contribution in [-0.4, -0.2) is 53.3 Å². The van der Waals surface area contributed by atoms with Crippen molar-refractivity contribution in [3.05, 3.63) is 46.7 Å². The summed E-state index contributed by atoms with van der Waals surface area (Å²) in [6.07, 6.45) is 3.43. The van der Waals surface area contributed by atoms with Crippen LogP contribution in [0.15, 0.2) is 30.5 Å². The first kappa shape index (κ1) is 20.8. The zero-order chi connectivity index (χ0) is 20.3. The highest BCUT2D eigenvalue weighted by Gasteiger charge is 2.28. The van der Waals surface area contributed by atoms with Gasteiger partial charge in [-0.05, 0) is 44.4 Å². The van der Waals surface area contributed by atoms with Gasteiger partial charge in [-0.1, -0.05) is 24.6 Å². The Balaban J connectivity index is 1.71. The van der Waals surface area contributed by atoms with Gasteiger partial charge in [0.1, 0.15) is 0 Å². The van der Waals surface area contributed by atoms with Crippen molar-refractivity contribution in [3.63, 3.8) is 0 Å². The summed E-state index contributed by atoms with van der Waals surface area (Å²) in [4.78, 5) is 12.8. The van der Waals surface area contributed by atoms with E-state index in [9.17, 15) is 13.2 Å². The van der Waals surface area contributed by atoms with Gasteiger partial charge in [0, 0.05) is 24.2 Å². The molecule has 1 aliphatic heterocycles. The topological polar surface area (TPSA) is 84.3 Å². The molecule has 1 N–H and O–H groups in total. The molecule has 0 bridgehead atoms. The Morgan fingerprint density at radius 1 is 1.29 bits per heavy atom. The fraction of sp³-hybridized carbons (Fsp3) is 0.474. The van der Waals surface area contributed by atoms with E-state index in [2.05, 4.69) is 10.4 Å². The second kappa shape index (κ2) is 8.63. The minimum absolute atomic E-state index is 0.0463. The van der Waals surface area contributed by atoms with E-state index in [1.165, 1.54) is 4.31 Å². The lowest BCUT2D eigenvalue weighted by molar-refractivity contribution is 0.0923. The lowest BCUT2D eigenvalue weighted by Gasteiger charge is -2.31. The van der Waals surface area contributed by atoms with Gasteiger partial charge in [0.15, 0.2) is 0 Å². The lowest BCUT2D eigenvalue weighted by Crippen LogP contribution is -2.47. The quantitative estimate of drug-likeness (QED) is 0.772. The minimum atomic E-state index is -3.17. The molecule has 1 aliphatic rings. The van der Waals surface area contributed by atoms with Gasteiger partial charge in [0.25, 0.3) is 5.91 Å². The molecule has 0 atom stereocenters. The number of benzene rings is 1. The normalized spacial score (nSPS) is 16.2. The first-order valence-electron chi connectivity index (χ1n) is 9.47. The monoisotopic (exact) mass is 424 g/mol. The Hall–Kier alpha value is -1.90. The molecule has 7 nitrogen and oxygen atoms in total. The minimum Gasteiger partial charge on any atom is -0.349 e. The van der Waals surface area contributed by atoms with Crippen LogP contribution in [0.5, 0.6) is 0 Å². The average molecular weight is 425 g/mol. The summed E-state index contributed by atoms with van der Waals surface area (Å²) in [5, 5.41) is 8.02. The number of carbonyl (C=O) groups excluding carboxylic acids is 1. The molecule has 0 saturated carbocycles. The third-order valence-corrected chi connectivity index (χ3v) is 7.17. The summed E-state index contributed by atoms with van der Waals surface area (Å²) in [6.45, 7) is 4.49. The van der Waals surface area contributed by atoms with Crippen molar-refractivity contribution in [3.8, 4) is 5.69 Å². The van der Waals surface area contributed by atoms with Crippen molar-refractivity contribution in [2.24, 2.45) is 0 Å². The molecule has 9 heteroatoms. The fourth-order valence-electron chi connectivity index (χ4n) is 3.46. The molecule has 0 aliphatic carbocycles. The van der Waals surface area contributed by atoms with Crippen molar-refractivity contribution >= 4 is 27.5 Å². The molecule has 2 heterocycles. The number of amides is 1. The average Bonchev–Trinajstić information content (AvgIpc) is 3.12. The van der Waals surface area contributed by atoms with Crippen LogP contribution in [0.1, 0.15) is 42.7 Å². The molecule has 1 aromatic heterocycles. The van der Waals surface area contributed by atoms with Gasteiger partial charge in [-0.2, -0.15) is 5.10 Å². The maximum absolute atomic E-state index is 12.8. The van der Waals surface area contributed by atoms with E-state index < -0.39 is 10.0 Å². The van der Waals surface area contributed by atoms with Gasteiger partial charge < -0.3 is 5.32 Å². The SMILES string of the molecule is CCc1c(C(=O)NC2CCN(S(=O)(=O)CC)CC2)cnn1-c1cccc(Cl)c1. The van der Waals surface area contributed by atoms with Gasteiger partial charge in [-0.3, -0.25) is 4.79 Å². The van der Waals surface area contributed by atoms with Crippen LogP contribution in [0.25, 0.3) is 5.69 Å². The molecule has 0 radical (unpaired) electrons. The number of piperidine rings is 1. The number of halogens is 1. The molecule has 1 fully saturated rings. The first-order valence-corrected chi connectivity index (χ1v) is 11.5. The number of hydrogen-bond acceptors (Lipinski definition) is 4. The highest BCUT2D eigenvalue weighted by Crippen LogP contribution is 2.20. The number of aromatic nitrogens is 2. The van der Waals surface area contributed by atoms with Crippen molar-refractivity contribution < 1.29 is 13.2 Å². The van der Waals surface area contributed by atoms with Crippen LogP contribution < -0.4 is 5.32 Å². The first-order chi connectivity index (χ1) is 13.4. The van der Waals surface area contributed by atoms with Crippen LogP contribution in [0.4, 0.5) is 0 Å². The van der Waals surface area contributed by atoms with Crippen LogP contribution in [0.2, 0.25) is 5.02 Å². The Morgan fingerprint density at radius 2 is 2.00 bits per heavy atom. The largest absolute Gasteiger partial charge is 0.349 e. The molecule has 0 unspecified atom stereocenters. The number of hydrogen-bond donors (Lipinski definition) is 1. The number of nitrogens with zero attached hydrogens (tertiary/aromatic N) is 3. The standard InChI is InChI=1S/C19H25ClN4O3S/c1-3-18-17(13-21-24(18)16-7-5-6-14(20)12-16)19(25)22-15-8-10-23(11-9-15)28(26,27)4-2/h5-7,12-13,15H,3-4,8-11H2,1-2H3,(H,22,25). The van der Waals surface area contributed by atoms with Crippen LogP contribution in [0, 0.1) is 0 Å². The Morgan fingerprint density at radius 3 is 2.61 bits per heavy atom.